The fraction of sp³-hybridized carbons (Fsp3) is 0.318. The minimum absolute atomic E-state index is 0.0513. The summed E-state index contributed by atoms with van der Waals surface area (Å²) >= 11 is 0. The number of aryl methyl sites for hydroxylation is 1. The third-order valence-corrected chi connectivity index (χ3v) is 5.31. The molecule has 2 aromatic carbocycles. The van der Waals surface area contributed by atoms with Crippen molar-refractivity contribution < 1.29 is 14.3 Å². The van der Waals surface area contributed by atoms with Gasteiger partial charge in [0.15, 0.2) is 5.75 Å². The third kappa shape index (κ3) is 3.45. The number of para-hydroxylation sites is 1. The van der Waals surface area contributed by atoms with Crippen molar-refractivity contribution in [3.05, 3.63) is 67.4 Å². The molecule has 0 radical (unpaired) electrons. The van der Waals surface area contributed by atoms with Crippen molar-refractivity contribution in [2.75, 3.05) is 24.7 Å². The van der Waals surface area contributed by atoms with Gasteiger partial charge in [-0.2, -0.15) is 0 Å². The third-order valence-electron chi connectivity index (χ3n) is 5.31. The Morgan fingerprint density at radius 3 is 2.57 bits per heavy atom. The van der Waals surface area contributed by atoms with Crippen LogP contribution in [-0.4, -0.2) is 30.0 Å². The lowest BCUT2D eigenvalue weighted by Crippen LogP contribution is -2.36. The molecule has 156 valence electrons. The summed E-state index contributed by atoms with van der Waals surface area (Å²) in [6, 6.07) is 6.59. The van der Waals surface area contributed by atoms with Gasteiger partial charge in [0, 0.05) is 14.1 Å². The number of phenols is 1. The number of phenolic OH excluding ortho intramolecular Hbond substituents is 1. The molecule has 0 bridgehead atoms. The Morgan fingerprint density at radius 2 is 1.90 bits per heavy atom. The van der Waals surface area contributed by atoms with E-state index in [1.165, 1.54) is 35.4 Å². The molecule has 1 heterocycles. The number of hydrogen-bond donors (Lipinski definition) is 3. The van der Waals surface area contributed by atoms with Gasteiger partial charge in [-0.05, 0) is 49.4 Å². The summed E-state index contributed by atoms with van der Waals surface area (Å²) in [6.07, 6.45) is 2.33. The lowest BCUT2D eigenvalue weighted by molar-refractivity contribution is 0.0824. The number of anilines is 3. The lowest BCUT2D eigenvalue weighted by Gasteiger charge is -2.17. The molecule has 0 unspecified atom stereocenters. The first kappa shape index (κ1) is 19.8. The molecule has 8 heteroatoms. The average molecular weight is 409 g/mol. The van der Waals surface area contributed by atoms with Gasteiger partial charge in [0.05, 0.1) is 17.8 Å². The van der Waals surface area contributed by atoms with Gasteiger partial charge in [-0.25, -0.2) is 0 Å². The zero-order valence-electron chi connectivity index (χ0n) is 17.0. The second-order valence-electron chi connectivity index (χ2n) is 7.79. The standard InChI is InChI=1S/C22H23N3O5/c1-11-15(12-7-8-12)9-13(30-11)10-23-17-18(21(28)20(17)27)24-16-6-4-5-14(19(16)26)22(29)25(2)3/h4-6,9,12,23-24,26H,7-8,10H2,1-3H3. The number of rotatable bonds is 7. The summed E-state index contributed by atoms with van der Waals surface area (Å²) in [6.45, 7) is 2.18. The Kier molecular flexibility index (Phi) is 4.85. The van der Waals surface area contributed by atoms with E-state index in [1.54, 1.807) is 20.2 Å². The molecular formula is C22H23N3O5. The van der Waals surface area contributed by atoms with Crippen LogP contribution in [-0.2, 0) is 6.54 Å². The van der Waals surface area contributed by atoms with Crippen LogP contribution in [0.3, 0.4) is 0 Å². The van der Waals surface area contributed by atoms with Crippen LogP contribution in [0.4, 0.5) is 17.1 Å². The molecule has 8 nitrogen and oxygen atoms in total. The van der Waals surface area contributed by atoms with Crippen molar-refractivity contribution in [1.82, 2.24) is 4.90 Å². The Bertz CT molecular complexity index is 1200. The molecule has 30 heavy (non-hydrogen) atoms. The van der Waals surface area contributed by atoms with Gasteiger partial charge in [-0.1, -0.05) is 6.07 Å². The zero-order valence-corrected chi connectivity index (χ0v) is 17.0. The fourth-order valence-corrected chi connectivity index (χ4v) is 3.49. The molecule has 0 spiro atoms. The van der Waals surface area contributed by atoms with Crippen LogP contribution in [0, 0.1) is 6.92 Å². The molecular weight excluding hydrogens is 386 g/mol. The minimum Gasteiger partial charge on any atom is -0.505 e. The molecule has 0 saturated heterocycles. The Balaban J connectivity index is 1.53. The Morgan fingerprint density at radius 1 is 1.20 bits per heavy atom. The van der Waals surface area contributed by atoms with Crippen molar-refractivity contribution in [3.8, 4) is 5.75 Å². The Labute approximate surface area is 172 Å². The van der Waals surface area contributed by atoms with Crippen LogP contribution in [0.25, 0.3) is 0 Å². The first-order valence-electron chi connectivity index (χ1n) is 9.75. The predicted octanol–water partition coefficient (Wildman–Crippen LogP) is 2.82. The molecule has 1 aliphatic carbocycles. The number of nitrogens with one attached hydrogen (secondary N) is 2. The first-order chi connectivity index (χ1) is 14.3. The number of aromatic hydroxyl groups is 1. The van der Waals surface area contributed by atoms with Gasteiger partial charge in [0.1, 0.15) is 22.9 Å². The van der Waals surface area contributed by atoms with E-state index < -0.39 is 10.9 Å². The molecule has 1 aliphatic rings. The van der Waals surface area contributed by atoms with Crippen molar-refractivity contribution in [2.24, 2.45) is 0 Å². The number of carbonyl (C=O) groups excluding carboxylic acids is 1. The van der Waals surface area contributed by atoms with Crippen molar-refractivity contribution in [3.63, 3.8) is 0 Å². The van der Waals surface area contributed by atoms with E-state index in [0.29, 0.717) is 11.7 Å². The zero-order chi connectivity index (χ0) is 21.6. The lowest BCUT2D eigenvalue weighted by atomic mass is 10.1. The number of amides is 1. The normalized spacial score (nSPS) is 13.4. The maximum absolute atomic E-state index is 12.2. The monoisotopic (exact) mass is 409 g/mol. The molecule has 1 aromatic heterocycles. The molecule has 1 amide bonds. The molecule has 1 saturated carbocycles. The van der Waals surface area contributed by atoms with Gasteiger partial charge in [0.25, 0.3) is 16.8 Å². The van der Waals surface area contributed by atoms with Crippen LogP contribution in [0.2, 0.25) is 0 Å². The van der Waals surface area contributed by atoms with Crippen molar-refractivity contribution >= 4 is 23.0 Å². The Hall–Kier alpha value is -3.55. The average Bonchev–Trinajstić information content (AvgIpc) is 3.50. The van der Waals surface area contributed by atoms with E-state index in [2.05, 4.69) is 10.6 Å². The summed E-state index contributed by atoms with van der Waals surface area (Å²) in [4.78, 5) is 37.7. The van der Waals surface area contributed by atoms with Crippen LogP contribution >= 0.6 is 0 Å². The molecule has 0 atom stereocenters. The van der Waals surface area contributed by atoms with E-state index >= 15 is 0 Å². The number of benzene rings is 1. The molecule has 3 aromatic rings. The highest BCUT2D eigenvalue weighted by molar-refractivity contribution is 5.99. The second-order valence-corrected chi connectivity index (χ2v) is 7.79. The van der Waals surface area contributed by atoms with Gasteiger partial charge >= 0.3 is 0 Å². The van der Waals surface area contributed by atoms with Gasteiger partial charge in [-0.3, -0.25) is 14.4 Å². The van der Waals surface area contributed by atoms with Gasteiger partial charge in [-0.15, -0.1) is 0 Å². The molecule has 1 fully saturated rings. The molecule has 3 N–H and O–H groups in total. The highest BCUT2D eigenvalue weighted by atomic mass is 16.3. The number of nitrogens with zero attached hydrogens (tertiary/aromatic N) is 1. The summed E-state index contributed by atoms with van der Waals surface area (Å²) in [5, 5.41) is 16.2. The fourth-order valence-electron chi connectivity index (χ4n) is 3.49. The van der Waals surface area contributed by atoms with Crippen molar-refractivity contribution in [2.45, 2.75) is 32.2 Å². The van der Waals surface area contributed by atoms with Crippen LogP contribution in [0.15, 0.2) is 38.3 Å². The molecule has 0 aliphatic heterocycles. The van der Waals surface area contributed by atoms with Gasteiger partial charge < -0.3 is 25.1 Å². The first-order valence-corrected chi connectivity index (χ1v) is 9.75. The predicted molar refractivity (Wildman–Crippen MR) is 114 cm³/mol. The largest absolute Gasteiger partial charge is 0.505 e. The summed E-state index contributed by atoms with van der Waals surface area (Å²) in [5.41, 5.74) is 0.321. The van der Waals surface area contributed by atoms with E-state index in [1.807, 2.05) is 13.0 Å². The summed E-state index contributed by atoms with van der Waals surface area (Å²) < 4.78 is 5.75. The quantitative estimate of drug-likeness (QED) is 0.406. The van der Waals surface area contributed by atoms with E-state index in [-0.39, 0.29) is 40.8 Å². The maximum atomic E-state index is 12.2. The number of furan rings is 1. The van der Waals surface area contributed by atoms with Gasteiger partial charge in [0.2, 0.25) is 0 Å². The van der Waals surface area contributed by atoms with Crippen LogP contribution in [0.5, 0.6) is 5.75 Å². The van der Waals surface area contributed by atoms with Crippen LogP contribution in [0.1, 0.15) is 46.2 Å². The minimum atomic E-state index is -0.685. The summed E-state index contributed by atoms with van der Waals surface area (Å²) in [7, 11) is 3.15. The topological polar surface area (TPSA) is 112 Å². The maximum Gasteiger partial charge on any atom is 0.257 e. The highest BCUT2D eigenvalue weighted by Gasteiger charge is 2.28. The smallest absolute Gasteiger partial charge is 0.257 e. The van der Waals surface area contributed by atoms with Crippen molar-refractivity contribution in [1.29, 1.82) is 0 Å². The molecule has 4 rings (SSSR count). The highest BCUT2D eigenvalue weighted by Crippen LogP contribution is 2.42. The van der Waals surface area contributed by atoms with E-state index in [4.69, 9.17) is 4.42 Å². The summed E-state index contributed by atoms with van der Waals surface area (Å²) in [5.74, 6) is 1.47. The SMILES string of the molecule is Cc1oc(CNc2c(Nc3cccc(C(=O)N(C)C)c3O)c(=O)c2=O)cc1C1CC1. The number of hydrogen-bond acceptors (Lipinski definition) is 7. The van der Waals surface area contributed by atoms with Crippen LogP contribution < -0.4 is 21.5 Å². The number of carbonyl (C=O) groups is 1. The van der Waals surface area contributed by atoms with E-state index in [0.717, 1.165) is 5.76 Å². The second kappa shape index (κ2) is 7.37. The van der Waals surface area contributed by atoms with E-state index in [9.17, 15) is 19.5 Å².